The van der Waals surface area contributed by atoms with Crippen LogP contribution in [0.4, 0.5) is 0 Å². The van der Waals surface area contributed by atoms with Gasteiger partial charge < -0.3 is 29.5 Å². The number of phenolic OH excluding ortho intramolecular Hbond substituents is 1. The van der Waals surface area contributed by atoms with E-state index in [9.17, 15) is 9.90 Å². The van der Waals surface area contributed by atoms with Gasteiger partial charge in [0.2, 0.25) is 0 Å². The molecule has 29 heavy (non-hydrogen) atoms. The Bertz CT molecular complexity index is 845. The van der Waals surface area contributed by atoms with Gasteiger partial charge >= 0.3 is 5.97 Å². The van der Waals surface area contributed by atoms with Crippen LogP contribution in [-0.4, -0.2) is 73.6 Å². The Hall–Kier alpha value is -1.83. The summed E-state index contributed by atoms with van der Waals surface area (Å²) < 4.78 is 18.0. The number of likely N-dealkylation sites (tertiary alicyclic amines) is 1. The second-order valence-corrected chi connectivity index (χ2v) is 8.83. The van der Waals surface area contributed by atoms with Crippen molar-refractivity contribution in [1.29, 1.82) is 0 Å². The molecular formula is C22H30N2O5. The molecule has 2 fully saturated rings. The molecule has 158 valence electrons. The number of hydrogen-bond donors (Lipinski definition) is 2. The summed E-state index contributed by atoms with van der Waals surface area (Å²) in [6.45, 7) is 3.30. The van der Waals surface area contributed by atoms with Gasteiger partial charge in [0.25, 0.3) is 0 Å². The fraction of sp³-hybridized carbons (Fsp3) is 0.682. The van der Waals surface area contributed by atoms with Crippen molar-refractivity contribution in [2.45, 2.75) is 61.8 Å². The smallest absolute Gasteiger partial charge is 0.319 e. The van der Waals surface area contributed by atoms with E-state index >= 15 is 0 Å². The third-order valence-electron chi connectivity index (χ3n) is 7.87. The lowest BCUT2D eigenvalue weighted by molar-refractivity contribution is -0.203. The van der Waals surface area contributed by atoms with Crippen LogP contribution in [0.25, 0.3) is 0 Å². The molecule has 1 aromatic rings. The second-order valence-electron chi connectivity index (χ2n) is 8.83. The zero-order chi connectivity index (χ0) is 20.4. The number of esters is 1. The molecule has 1 aromatic carbocycles. The molecule has 5 rings (SSSR count). The van der Waals surface area contributed by atoms with Crippen molar-refractivity contribution < 1.29 is 24.1 Å². The van der Waals surface area contributed by atoms with E-state index in [0.29, 0.717) is 12.4 Å². The summed E-state index contributed by atoms with van der Waals surface area (Å²) in [6, 6.07) is 4.05. The number of carbonyl (C=O) groups excluding carboxylic acids is 1. The quantitative estimate of drug-likeness (QED) is 0.720. The average molecular weight is 402 g/mol. The highest BCUT2D eigenvalue weighted by Crippen LogP contribution is 2.66. The van der Waals surface area contributed by atoms with Crippen LogP contribution >= 0.6 is 0 Å². The van der Waals surface area contributed by atoms with Crippen LogP contribution in [0.3, 0.4) is 0 Å². The number of nitrogens with one attached hydrogen (secondary N) is 1. The molecule has 0 aromatic heterocycles. The van der Waals surface area contributed by atoms with Crippen molar-refractivity contribution in [3.05, 3.63) is 23.3 Å². The minimum atomic E-state index is -0.362. The highest BCUT2D eigenvalue weighted by molar-refractivity contribution is 5.71. The van der Waals surface area contributed by atoms with Crippen molar-refractivity contribution in [2.24, 2.45) is 0 Å². The van der Waals surface area contributed by atoms with Gasteiger partial charge in [0, 0.05) is 24.8 Å². The molecule has 2 bridgehead atoms. The predicted molar refractivity (Wildman–Crippen MR) is 106 cm³/mol. The van der Waals surface area contributed by atoms with Crippen molar-refractivity contribution >= 4 is 5.97 Å². The normalized spacial score (nSPS) is 37.0. The largest absolute Gasteiger partial charge is 0.504 e. The van der Waals surface area contributed by atoms with Crippen LogP contribution in [0.5, 0.6) is 11.5 Å². The lowest BCUT2D eigenvalue weighted by Crippen LogP contribution is -2.78. The topological polar surface area (TPSA) is 80.3 Å². The Kier molecular flexibility index (Phi) is 4.35. The van der Waals surface area contributed by atoms with E-state index in [1.54, 1.807) is 6.07 Å². The van der Waals surface area contributed by atoms with Gasteiger partial charge in [0.05, 0.1) is 24.2 Å². The number of carbonyl (C=O) groups is 1. The first-order valence-electron chi connectivity index (χ1n) is 10.6. The summed E-state index contributed by atoms with van der Waals surface area (Å²) in [7, 11) is 4.00. The van der Waals surface area contributed by atoms with Crippen LogP contribution < -0.4 is 10.1 Å². The monoisotopic (exact) mass is 402 g/mol. The van der Waals surface area contributed by atoms with Gasteiger partial charge in [-0.3, -0.25) is 4.79 Å². The zero-order valence-corrected chi connectivity index (χ0v) is 17.4. The fourth-order valence-corrected chi connectivity index (χ4v) is 6.78. The second kappa shape index (κ2) is 6.59. The van der Waals surface area contributed by atoms with E-state index in [-0.39, 0.29) is 47.5 Å². The Balaban J connectivity index is 1.60. The summed E-state index contributed by atoms with van der Waals surface area (Å²) in [5.41, 5.74) is 1.69. The van der Waals surface area contributed by atoms with Crippen molar-refractivity contribution in [3.63, 3.8) is 0 Å². The number of methoxy groups -OCH3 is 1. The number of benzene rings is 1. The summed E-state index contributed by atoms with van der Waals surface area (Å²) >= 11 is 0. The Morgan fingerprint density at radius 2 is 2.24 bits per heavy atom. The molecule has 4 aliphatic rings. The van der Waals surface area contributed by atoms with E-state index in [2.05, 4.69) is 17.3 Å². The van der Waals surface area contributed by atoms with Gasteiger partial charge in [0.15, 0.2) is 11.5 Å². The number of piperidine rings is 1. The summed E-state index contributed by atoms with van der Waals surface area (Å²) in [5, 5.41) is 14.0. The molecule has 7 heteroatoms. The van der Waals surface area contributed by atoms with E-state index in [1.165, 1.54) is 5.56 Å². The summed E-state index contributed by atoms with van der Waals surface area (Å²) in [5.74, 6) is 0.554. The number of rotatable bonds is 5. The third-order valence-corrected chi connectivity index (χ3v) is 7.87. The molecule has 7 nitrogen and oxygen atoms in total. The highest BCUT2D eigenvalue weighted by atomic mass is 16.5. The van der Waals surface area contributed by atoms with Crippen molar-refractivity contribution in [2.75, 3.05) is 33.9 Å². The minimum absolute atomic E-state index is 0.00973. The molecule has 5 atom stereocenters. The van der Waals surface area contributed by atoms with Crippen LogP contribution in [0.1, 0.15) is 37.3 Å². The summed E-state index contributed by atoms with van der Waals surface area (Å²) in [6.07, 6.45) is 3.33. The van der Waals surface area contributed by atoms with Crippen LogP contribution in [0.15, 0.2) is 12.1 Å². The van der Waals surface area contributed by atoms with E-state index in [4.69, 9.17) is 14.2 Å². The van der Waals surface area contributed by atoms with Gasteiger partial charge in [-0.05, 0) is 57.8 Å². The van der Waals surface area contributed by atoms with E-state index in [0.717, 1.165) is 37.8 Å². The first-order chi connectivity index (χ1) is 14.0. The molecule has 2 aliphatic heterocycles. The number of phenols is 1. The molecule has 0 radical (unpaired) electrons. The Labute approximate surface area is 171 Å². The highest BCUT2D eigenvalue weighted by Gasteiger charge is 2.73. The van der Waals surface area contributed by atoms with Gasteiger partial charge in [-0.1, -0.05) is 6.07 Å². The fourth-order valence-electron chi connectivity index (χ4n) is 6.78. The standard InChI is InChI=1S/C22H30N2O5/c1-4-28-17(26)12-23-14-7-8-22(27-3)16-11-13-5-6-15(25)19-18(13)21(22,20(14)29-19)9-10-24(16)2/h5-6,14,16,20,23,25H,4,7-12H2,1-3H3/t14-,16?,20-,21-,22+/m0/s1. The predicted octanol–water partition coefficient (Wildman–Crippen LogP) is 1.35. The molecule has 1 saturated carbocycles. The average Bonchev–Trinajstić information content (AvgIpc) is 3.07. The molecule has 1 unspecified atom stereocenters. The zero-order valence-electron chi connectivity index (χ0n) is 17.4. The third kappa shape index (κ3) is 2.32. The first kappa shape index (κ1) is 19.2. The number of hydrogen-bond acceptors (Lipinski definition) is 7. The molecule has 0 amide bonds. The van der Waals surface area contributed by atoms with Gasteiger partial charge in [-0.15, -0.1) is 0 Å². The van der Waals surface area contributed by atoms with E-state index < -0.39 is 0 Å². The molecule has 1 saturated heterocycles. The molecule has 2 heterocycles. The maximum absolute atomic E-state index is 12.0. The number of likely N-dealkylation sites (N-methyl/N-ethyl adjacent to an activating group) is 1. The first-order valence-corrected chi connectivity index (χ1v) is 10.6. The number of nitrogens with zero attached hydrogens (tertiary/aromatic N) is 1. The lowest BCUT2D eigenvalue weighted by atomic mass is 9.48. The maximum Gasteiger partial charge on any atom is 0.319 e. The molecule has 2 N–H and O–H groups in total. The van der Waals surface area contributed by atoms with Gasteiger partial charge in [-0.2, -0.15) is 0 Å². The van der Waals surface area contributed by atoms with Gasteiger partial charge in [0.1, 0.15) is 6.10 Å². The van der Waals surface area contributed by atoms with Crippen molar-refractivity contribution in [1.82, 2.24) is 10.2 Å². The van der Waals surface area contributed by atoms with Crippen LogP contribution in [-0.2, 0) is 26.1 Å². The van der Waals surface area contributed by atoms with Gasteiger partial charge in [-0.25, -0.2) is 0 Å². The molecule has 1 spiro atoms. The van der Waals surface area contributed by atoms with Crippen LogP contribution in [0.2, 0.25) is 0 Å². The minimum Gasteiger partial charge on any atom is -0.504 e. The summed E-state index contributed by atoms with van der Waals surface area (Å²) in [4.78, 5) is 14.4. The Morgan fingerprint density at radius 3 is 3.00 bits per heavy atom. The molecule has 2 aliphatic carbocycles. The van der Waals surface area contributed by atoms with E-state index in [1.807, 2.05) is 20.1 Å². The van der Waals surface area contributed by atoms with Crippen molar-refractivity contribution in [3.8, 4) is 11.5 Å². The maximum atomic E-state index is 12.0. The Morgan fingerprint density at radius 1 is 1.41 bits per heavy atom. The lowest BCUT2D eigenvalue weighted by Gasteiger charge is -2.65. The number of ether oxygens (including phenoxy) is 3. The number of aromatic hydroxyl groups is 1. The molecular weight excluding hydrogens is 372 g/mol. The van der Waals surface area contributed by atoms with Crippen LogP contribution in [0, 0.1) is 0 Å². The SMILES string of the molecule is CCOC(=O)CN[C@H]1CC[C@@]2(OC)C3Cc4ccc(O)c5c4[C@@]2(CCN3C)[C@H]1O5.